The van der Waals surface area contributed by atoms with E-state index in [1.54, 1.807) is 30.5 Å². The van der Waals surface area contributed by atoms with Crippen LogP contribution in [0.2, 0.25) is 0 Å². The Morgan fingerprint density at radius 3 is 1.62 bits per heavy atom. The number of hydrogen-bond acceptors (Lipinski definition) is 8. The zero-order chi connectivity index (χ0) is 43.2. The first-order valence-corrected chi connectivity index (χ1v) is 19.7. The summed E-state index contributed by atoms with van der Waals surface area (Å²) in [6.45, 7) is 4.01. The zero-order valence-corrected chi connectivity index (χ0v) is 33.8. The van der Waals surface area contributed by atoms with Gasteiger partial charge in [0.25, 0.3) is 11.8 Å². The molecule has 0 saturated carbocycles. The van der Waals surface area contributed by atoms with E-state index < -0.39 is 46.2 Å². The van der Waals surface area contributed by atoms with Crippen LogP contribution < -0.4 is 10.6 Å². The van der Waals surface area contributed by atoms with E-state index in [0.29, 0.717) is 11.4 Å². The van der Waals surface area contributed by atoms with E-state index in [-0.39, 0.29) is 0 Å². The van der Waals surface area contributed by atoms with E-state index in [0.717, 1.165) is 85.7 Å². The predicted molar refractivity (Wildman–Crippen MR) is 227 cm³/mol. The Hall–Kier alpha value is -7.39. The minimum absolute atomic E-state index is 0.418. The quantitative estimate of drug-likeness (QED) is 0.109. The molecule has 10 nitrogen and oxygen atoms in total. The number of nitrogens with zero attached hydrogens (tertiary/aromatic N) is 5. The summed E-state index contributed by atoms with van der Waals surface area (Å²) in [5.41, 5.74) is 8.18. The molecule has 0 atom stereocenters. The Morgan fingerprint density at radius 2 is 1.13 bits per heavy atom. The predicted octanol–water partition coefficient (Wildman–Crippen LogP) is 11.0. The second-order valence-electron chi connectivity index (χ2n) is 13.6. The molecule has 8 rings (SSSR count). The monoisotopic (exact) mass is 841 g/mol. The van der Waals surface area contributed by atoms with Gasteiger partial charge in [0, 0.05) is 29.5 Å². The lowest BCUT2D eigenvalue weighted by atomic mass is 9.97. The summed E-state index contributed by atoms with van der Waals surface area (Å²) in [5.74, 6) is -4.78. The maximum absolute atomic E-state index is 13.8. The number of aromatic nitrogens is 5. The molecular formula is C46H35F4N7O3S. The van der Waals surface area contributed by atoms with Crippen molar-refractivity contribution < 1.29 is 31.6 Å². The van der Waals surface area contributed by atoms with Crippen LogP contribution in [0.3, 0.4) is 0 Å². The number of anilines is 2. The molecule has 2 N–H and O–H groups in total. The Kier molecular flexibility index (Phi) is 12.5. The molecule has 5 aromatic carbocycles. The summed E-state index contributed by atoms with van der Waals surface area (Å²) in [7, 11) is 1.92. The molecule has 306 valence electrons. The molecule has 0 bridgehead atoms. The van der Waals surface area contributed by atoms with Gasteiger partial charge in [-0.05, 0) is 102 Å². The highest BCUT2D eigenvalue weighted by Crippen LogP contribution is 2.32. The third-order valence-electron chi connectivity index (χ3n) is 9.66. The van der Waals surface area contributed by atoms with Crippen LogP contribution in [0.15, 0.2) is 138 Å². The Balaban J connectivity index is 0.000000185. The van der Waals surface area contributed by atoms with E-state index in [9.17, 15) is 27.2 Å². The van der Waals surface area contributed by atoms with Gasteiger partial charge in [-0.3, -0.25) is 14.6 Å². The number of rotatable bonds is 9. The van der Waals surface area contributed by atoms with Crippen molar-refractivity contribution in [2.45, 2.75) is 19.0 Å². The van der Waals surface area contributed by atoms with Gasteiger partial charge in [0.2, 0.25) is 0 Å². The lowest BCUT2D eigenvalue weighted by Gasteiger charge is -2.11. The minimum atomic E-state index is -1.01. The number of amides is 2. The number of nitrogens with one attached hydrogen (secondary N) is 2. The molecule has 0 radical (unpaired) electrons. The summed E-state index contributed by atoms with van der Waals surface area (Å²) >= 11 is 1.53. The number of thioether (sulfide) groups is 1. The fourth-order valence-electron chi connectivity index (χ4n) is 6.46. The standard InChI is InChI=1S/C23H19F2N5OS.C23H16F2N2O2/c1-13-4-5-15(21-28-29-23(32-3)30(21)2)10-17(13)14-6-8-16(9-7-14)27-22(31)20-18(24)11-26-12-19(20)25;1-14-5-6-16(21-12-29-13-26-21)11-18(14)15-7-9-17(10-8-15)27-23(28)22-19(24)3-2-4-20(22)25/h4-12H,1-3H3,(H,27,31);2-13H,1H3,(H,27,28). The van der Waals surface area contributed by atoms with E-state index in [4.69, 9.17) is 4.42 Å². The van der Waals surface area contributed by atoms with E-state index in [1.165, 1.54) is 24.2 Å². The molecule has 3 heterocycles. The van der Waals surface area contributed by atoms with Crippen molar-refractivity contribution in [2.75, 3.05) is 16.9 Å². The fourth-order valence-corrected chi connectivity index (χ4v) is 6.94. The SMILES string of the molecule is CSc1nnc(-c2ccc(C)c(-c3ccc(NC(=O)c4c(F)cncc4F)cc3)c2)n1C.Cc1ccc(-c2cocn2)cc1-c1ccc(NC(=O)c2c(F)cccc2F)cc1. The van der Waals surface area contributed by atoms with Gasteiger partial charge in [0.05, 0.1) is 12.4 Å². The topological polar surface area (TPSA) is 128 Å². The Bertz CT molecular complexity index is 2830. The molecule has 0 aliphatic heterocycles. The number of aryl methyl sites for hydroxylation is 2. The van der Waals surface area contributed by atoms with Crippen LogP contribution in [-0.2, 0) is 7.05 Å². The highest BCUT2D eigenvalue weighted by molar-refractivity contribution is 7.98. The third-order valence-corrected chi connectivity index (χ3v) is 10.4. The highest BCUT2D eigenvalue weighted by atomic mass is 32.2. The number of carbonyl (C=O) groups excluding carboxylic acids is 2. The van der Waals surface area contributed by atoms with Crippen molar-refractivity contribution in [3.63, 3.8) is 0 Å². The number of carbonyl (C=O) groups is 2. The molecule has 8 aromatic rings. The largest absolute Gasteiger partial charge is 0.451 e. The molecule has 61 heavy (non-hydrogen) atoms. The van der Waals surface area contributed by atoms with E-state index >= 15 is 0 Å². The molecule has 0 aliphatic rings. The van der Waals surface area contributed by atoms with Crippen LogP contribution in [0.25, 0.3) is 44.9 Å². The zero-order valence-electron chi connectivity index (χ0n) is 33.0. The normalized spacial score (nSPS) is 10.8. The van der Waals surface area contributed by atoms with Crippen molar-refractivity contribution in [2.24, 2.45) is 7.05 Å². The molecule has 0 unspecified atom stereocenters. The molecule has 2 amide bonds. The lowest BCUT2D eigenvalue weighted by molar-refractivity contribution is 0.101. The Morgan fingerprint density at radius 1 is 0.639 bits per heavy atom. The second kappa shape index (κ2) is 18.3. The van der Waals surface area contributed by atoms with Gasteiger partial charge in [-0.25, -0.2) is 22.5 Å². The van der Waals surface area contributed by atoms with Crippen LogP contribution >= 0.6 is 11.8 Å². The number of hydrogen-bond donors (Lipinski definition) is 2. The molecular weight excluding hydrogens is 807 g/mol. The van der Waals surface area contributed by atoms with Crippen LogP contribution in [0.5, 0.6) is 0 Å². The maximum atomic E-state index is 13.8. The van der Waals surface area contributed by atoms with Gasteiger partial charge < -0.3 is 19.6 Å². The molecule has 0 spiro atoms. The van der Waals surface area contributed by atoms with Crippen molar-refractivity contribution in [1.82, 2.24) is 24.7 Å². The van der Waals surface area contributed by atoms with E-state index in [2.05, 4.69) is 30.8 Å². The van der Waals surface area contributed by atoms with Gasteiger partial charge in [0.15, 0.2) is 29.0 Å². The van der Waals surface area contributed by atoms with Crippen molar-refractivity contribution >= 4 is 35.0 Å². The molecule has 0 aliphatic carbocycles. The summed E-state index contributed by atoms with van der Waals surface area (Å²) in [4.78, 5) is 32.1. The van der Waals surface area contributed by atoms with Gasteiger partial charge in [-0.1, -0.05) is 66.4 Å². The van der Waals surface area contributed by atoms with Crippen molar-refractivity contribution in [1.29, 1.82) is 0 Å². The van der Waals surface area contributed by atoms with Gasteiger partial charge in [-0.15, -0.1) is 10.2 Å². The van der Waals surface area contributed by atoms with Crippen LogP contribution in [0.1, 0.15) is 31.8 Å². The van der Waals surface area contributed by atoms with E-state index in [1.807, 2.05) is 92.4 Å². The molecule has 15 heteroatoms. The van der Waals surface area contributed by atoms with Gasteiger partial charge in [-0.2, -0.15) is 0 Å². The second-order valence-corrected chi connectivity index (χ2v) is 14.4. The van der Waals surface area contributed by atoms with Gasteiger partial charge >= 0.3 is 0 Å². The van der Waals surface area contributed by atoms with Gasteiger partial charge in [0.1, 0.15) is 34.7 Å². The molecule has 0 fully saturated rings. The minimum Gasteiger partial charge on any atom is -0.451 e. The van der Waals surface area contributed by atoms with Crippen molar-refractivity contribution in [3.05, 3.63) is 174 Å². The number of oxazole rings is 1. The number of benzene rings is 5. The average molecular weight is 842 g/mol. The van der Waals surface area contributed by atoms with Crippen LogP contribution in [0.4, 0.5) is 28.9 Å². The maximum Gasteiger partial charge on any atom is 0.261 e. The summed E-state index contributed by atoms with van der Waals surface area (Å²) in [5, 5.41) is 14.3. The first-order chi connectivity index (χ1) is 29.4. The lowest BCUT2D eigenvalue weighted by Crippen LogP contribution is -2.16. The van der Waals surface area contributed by atoms with Crippen LogP contribution in [-0.4, -0.2) is 42.8 Å². The summed E-state index contributed by atoms with van der Waals surface area (Å²) in [6, 6.07) is 29.4. The third kappa shape index (κ3) is 9.26. The Labute approximate surface area is 351 Å². The van der Waals surface area contributed by atoms with Crippen LogP contribution in [0, 0.1) is 37.1 Å². The summed E-state index contributed by atoms with van der Waals surface area (Å²) < 4.78 is 62.1. The molecule has 3 aromatic heterocycles. The fraction of sp³-hybridized carbons (Fsp3) is 0.0870. The average Bonchev–Trinajstić information content (AvgIpc) is 3.92. The first kappa shape index (κ1) is 41.8. The number of pyridine rings is 1. The van der Waals surface area contributed by atoms with Crippen molar-refractivity contribution in [3.8, 4) is 44.9 Å². The summed E-state index contributed by atoms with van der Waals surface area (Å²) in [6.07, 6.45) is 6.51. The highest BCUT2D eigenvalue weighted by Gasteiger charge is 2.19. The first-order valence-electron chi connectivity index (χ1n) is 18.5. The number of halogens is 4. The molecule has 0 saturated heterocycles. The smallest absolute Gasteiger partial charge is 0.261 e.